The van der Waals surface area contributed by atoms with Gasteiger partial charge in [-0.25, -0.2) is 9.79 Å². The van der Waals surface area contributed by atoms with E-state index in [2.05, 4.69) is 61.5 Å². The lowest BCUT2D eigenvalue weighted by Crippen LogP contribution is -2.39. The Morgan fingerprint density at radius 1 is 0.976 bits per heavy atom. The zero-order valence-electron chi connectivity index (χ0n) is 25.0. The molecule has 0 saturated heterocycles. The van der Waals surface area contributed by atoms with Crippen molar-refractivity contribution >= 4 is 23.4 Å². The van der Waals surface area contributed by atoms with E-state index < -0.39 is 12.0 Å². The Hall–Kier alpha value is -4.37. The highest BCUT2D eigenvalue weighted by Gasteiger charge is 2.31. The van der Waals surface area contributed by atoms with Crippen molar-refractivity contribution in [3.05, 3.63) is 108 Å². The first-order valence-corrected chi connectivity index (χ1v) is 14.7. The summed E-state index contributed by atoms with van der Waals surface area (Å²) in [5.74, 6) is 0.583. The lowest BCUT2D eigenvalue weighted by atomic mass is 9.97. The third-order valence-corrected chi connectivity index (χ3v) is 8.23. The van der Waals surface area contributed by atoms with Crippen LogP contribution in [0.1, 0.15) is 53.5 Å². The van der Waals surface area contributed by atoms with Gasteiger partial charge in [0.15, 0.2) is 16.3 Å². The van der Waals surface area contributed by atoms with Crippen molar-refractivity contribution in [1.82, 2.24) is 9.13 Å². The molecule has 0 bridgehead atoms. The van der Waals surface area contributed by atoms with Crippen molar-refractivity contribution < 1.29 is 19.0 Å². The Balaban J connectivity index is 1.66. The van der Waals surface area contributed by atoms with Crippen LogP contribution in [0.5, 0.6) is 11.5 Å². The van der Waals surface area contributed by atoms with Gasteiger partial charge < -0.3 is 18.8 Å². The molecule has 42 heavy (non-hydrogen) atoms. The highest BCUT2D eigenvalue weighted by molar-refractivity contribution is 7.07. The van der Waals surface area contributed by atoms with Crippen LogP contribution in [-0.4, -0.2) is 35.4 Å². The number of ether oxygens (including phenoxy) is 3. The molecule has 0 N–H and O–H groups in total. The summed E-state index contributed by atoms with van der Waals surface area (Å²) in [6.07, 6.45) is 3.41. The average Bonchev–Trinajstić information content (AvgIpc) is 3.42. The van der Waals surface area contributed by atoms with Gasteiger partial charge >= 0.3 is 5.97 Å². The lowest BCUT2D eigenvalue weighted by molar-refractivity contribution is -0.136. The minimum atomic E-state index is -0.742. The van der Waals surface area contributed by atoms with Crippen molar-refractivity contribution in [3.63, 3.8) is 0 Å². The molecule has 0 aliphatic carbocycles. The molecule has 1 aliphatic rings. The van der Waals surface area contributed by atoms with Gasteiger partial charge in [-0.2, -0.15) is 0 Å². The number of methoxy groups -OCH3 is 1. The molecule has 9 heteroatoms. The van der Waals surface area contributed by atoms with E-state index in [-0.39, 0.29) is 11.1 Å². The van der Waals surface area contributed by atoms with Gasteiger partial charge in [0.05, 0.1) is 36.5 Å². The number of hydrogen-bond donors (Lipinski definition) is 0. The largest absolute Gasteiger partial charge is 0.490 e. The molecule has 8 nitrogen and oxygen atoms in total. The third kappa shape index (κ3) is 5.32. The normalized spacial score (nSPS) is 14.7. The summed E-state index contributed by atoms with van der Waals surface area (Å²) in [6, 6.07) is 13.3. The molecular formula is C33H35N3O5S. The van der Waals surface area contributed by atoms with E-state index in [1.165, 1.54) is 35.8 Å². The SMILES string of the molecule is CCOc1ccc([C@@H]2C(C(=O)OC)=CN=c3s/c(=C\c4cc(C)n(-c5cc(C)cc(C)c5)c4C)c(=O)n32)cc1OCC. The number of hydrogen-bond acceptors (Lipinski definition) is 7. The molecule has 2 aromatic heterocycles. The Morgan fingerprint density at radius 2 is 1.67 bits per heavy atom. The smallest absolute Gasteiger partial charge is 0.337 e. The maximum absolute atomic E-state index is 14.0. The summed E-state index contributed by atoms with van der Waals surface area (Å²) in [6.45, 7) is 13.0. The number of aryl methyl sites for hydroxylation is 3. The quantitative estimate of drug-likeness (QED) is 0.277. The number of carbonyl (C=O) groups is 1. The van der Waals surface area contributed by atoms with Crippen molar-refractivity contribution in [2.24, 2.45) is 4.99 Å². The summed E-state index contributed by atoms with van der Waals surface area (Å²) < 4.78 is 21.0. The first-order valence-electron chi connectivity index (χ1n) is 13.9. The summed E-state index contributed by atoms with van der Waals surface area (Å²) in [5, 5.41) is 0. The van der Waals surface area contributed by atoms with Gasteiger partial charge in [0.25, 0.3) is 5.56 Å². The second-order valence-corrected chi connectivity index (χ2v) is 11.3. The molecule has 0 saturated carbocycles. The third-order valence-electron chi connectivity index (χ3n) is 7.23. The van der Waals surface area contributed by atoms with Crippen LogP contribution in [0.4, 0.5) is 0 Å². The first-order chi connectivity index (χ1) is 20.2. The Bertz CT molecular complexity index is 1870. The molecule has 4 aromatic rings. The van der Waals surface area contributed by atoms with Gasteiger partial charge in [-0.15, -0.1) is 0 Å². The van der Waals surface area contributed by atoms with Crippen LogP contribution in [0.3, 0.4) is 0 Å². The predicted molar refractivity (Wildman–Crippen MR) is 165 cm³/mol. The fourth-order valence-corrected chi connectivity index (χ4v) is 6.50. The number of esters is 1. The number of aromatic nitrogens is 2. The van der Waals surface area contributed by atoms with Crippen LogP contribution in [0.25, 0.3) is 11.8 Å². The fraction of sp³-hybridized carbons (Fsp3) is 0.303. The molecule has 3 heterocycles. The molecule has 0 radical (unpaired) electrons. The minimum absolute atomic E-state index is 0.235. The van der Waals surface area contributed by atoms with E-state index in [9.17, 15) is 9.59 Å². The van der Waals surface area contributed by atoms with Gasteiger partial charge in [0.2, 0.25) is 0 Å². The van der Waals surface area contributed by atoms with Crippen LogP contribution in [-0.2, 0) is 9.53 Å². The van der Waals surface area contributed by atoms with Gasteiger partial charge in [-0.3, -0.25) is 9.36 Å². The number of benzene rings is 2. The highest BCUT2D eigenvalue weighted by atomic mass is 32.1. The van der Waals surface area contributed by atoms with Crippen molar-refractivity contribution in [2.75, 3.05) is 20.3 Å². The lowest BCUT2D eigenvalue weighted by Gasteiger charge is -2.23. The van der Waals surface area contributed by atoms with E-state index in [4.69, 9.17) is 14.2 Å². The second kappa shape index (κ2) is 11.9. The fourth-order valence-electron chi connectivity index (χ4n) is 5.54. The van der Waals surface area contributed by atoms with Gasteiger partial charge in [0, 0.05) is 23.3 Å². The van der Waals surface area contributed by atoms with E-state index in [1.807, 2.05) is 32.1 Å². The topological polar surface area (TPSA) is 84.0 Å². The second-order valence-electron chi connectivity index (χ2n) is 10.3. The van der Waals surface area contributed by atoms with E-state index in [0.29, 0.717) is 39.6 Å². The zero-order chi connectivity index (χ0) is 30.1. The molecule has 0 unspecified atom stereocenters. The van der Waals surface area contributed by atoms with Crippen LogP contribution < -0.4 is 24.4 Å². The minimum Gasteiger partial charge on any atom is -0.490 e. The molecule has 0 spiro atoms. The number of nitrogens with zero attached hydrogens (tertiary/aromatic N) is 3. The highest BCUT2D eigenvalue weighted by Crippen LogP contribution is 2.35. The number of fused-ring (bicyclic) bond motifs is 1. The summed E-state index contributed by atoms with van der Waals surface area (Å²) in [5.41, 5.74) is 7.23. The van der Waals surface area contributed by atoms with Gasteiger partial charge in [-0.05, 0) is 100 Å². The van der Waals surface area contributed by atoms with Gasteiger partial charge in [0.1, 0.15) is 0 Å². The summed E-state index contributed by atoms with van der Waals surface area (Å²) in [4.78, 5) is 31.9. The predicted octanol–water partition coefficient (Wildman–Crippen LogP) is 4.84. The van der Waals surface area contributed by atoms with Crippen LogP contribution in [0.15, 0.2) is 64.0 Å². The Kier molecular flexibility index (Phi) is 8.22. The zero-order valence-corrected chi connectivity index (χ0v) is 25.8. The average molecular weight is 586 g/mol. The molecule has 0 fully saturated rings. The Labute approximate surface area is 248 Å². The maximum atomic E-state index is 14.0. The maximum Gasteiger partial charge on any atom is 0.337 e. The molecule has 0 amide bonds. The van der Waals surface area contributed by atoms with Crippen molar-refractivity contribution in [1.29, 1.82) is 0 Å². The first kappa shape index (κ1) is 29.1. The monoisotopic (exact) mass is 585 g/mol. The van der Waals surface area contributed by atoms with Gasteiger partial charge in [-0.1, -0.05) is 23.5 Å². The number of carbonyl (C=O) groups excluding carboxylic acids is 1. The molecule has 1 atom stereocenters. The van der Waals surface area contributed by atoms with E-state index >= 15 is 0 Å². The molecule has 1 aliphatic heterocycles. The van der Waals surface area contributed by atoms with Crippen LogP contribution in [0, 0.1) is 27.7 Å². The van der Waals surface area contributed by atoms with Crippen molar-refractivity contribution in [3.8, 4) is 17.2 Å². The van der Waals surface area contributed by atoms with Crippen LogP contribution in [0.2, 0.25) is 0 Å². The number of rotatable bonds is 8. The number of thiazole rings is 1. The van der Waals surface area contributed by atoms with E-state index in [0.717, 1.165) is 22.6 Å². The summed E-state index contributed by atoms with van der Waals surface area (Å²) >= 11 is 1.29. The van der Waals surface area contributed by atoms with E-state index in [1.54, 1.807) is 10.6 Å². The standard InChI is InChI=1S/C33H35N3O5S/c1-8-40-27-11-10-23(16-28(27)41-9-2)30-26(32(38)39-7)18-34-33-36(30)31(37)29(42-33)17-24-15-21(5)35(22(24)6)25-13-19(3)12-20(4)14-25/h10-18,30H,8-9H2,1-7H3/b29-17-/t30-/m1/s1. The van der Waals surface area contributed by atoms with Crippen LogP contribution >= 0.6 is 11.3 Å². The Morgan fingerprint density at radius 3 is 2.33 bits per heavy atom. The molecule has 5 rings (SSSR count). The molecule has 2 aromatic carbocycles. The van der Waals surface area contributed by atoms with Crippen molar-refractivity contribution in [2.45, 2.75) is 47.6 Å². The summed E-state index contributed by atoms with van der Waals surface area (Å²) in [7, 11) is 1.32. The molecule has 218 valence electrons. The molecular weight excluding hydrogens is 550 g/mol.